The lowest BCUT2D eigenvalue weighted by molar-refractivity contribution is -0.119. The van der Waals surface area contributed by atoms with Crippen LogP contribution in [-0.2, 0) is 24.3 Å². The summed E-state index contributed by atoms with van der Waals surface area (Å²) in [6, 6.07) is 20.0. The molecule has 4 nitrogen and oxygen atoms in total. The van der Waals surface area contributed by atoms with Gasteiger partial charge in [-0.15, -0.1) is 0 Å². The van der Waals surface area contributed by atoms with E-state index in [1.54, 1.807) is 6.07 Å². The molecule has 136 valence electrons. The maximum Gasteiger partial charge on any atom is 0.188 e. The van der Waals surface area contributed by atoms with Crippen LogP contribution in [0.1, 0.15) is 27.0 Å². The Morgan fingerprint density at radius 1 is 0.926 bits per heavy atom. The highest BCUT2D eigenvalue weighted by atomic mass is 16.3. The SMILES string of the molecule is O=C1Cc2ccc(C(=O)CO)cc2CN(Cc2ccc3ccccc3c2)C1. The van der Waals surface area contributed by atoms with Gasteiger partial charge in [-0.3, -0.25) is 14.5 Å². The van der Waals surface area contributed by atoms with E-state index in [-0.39, 0.29) is 11.6 Å². The zero-order valence-electron chi connectivity index (χ0n) is 15.0. The monoisotopic (exact) mass is 359 g/mol. The van der Waals surface area contributed by atoms with E-state index in [4.69, 9.17) is 5.11 Å². The Morgan fingerprint density at radius 2 is 1.74 bits per heavy atom. The third kappa shape index (κ3) is 3.82. The first-order valence-corrected chi connectivity index (χ1v) is 9.10. The largest absolute Gasteiger partial charge is 0.388 e. The first-order valence-electron chi connectivity index (χ1n) is 9.10. The molecule has 0 aliphatic carbocycles. The van der Waals surface area contributed by atoms with Crippen LogP contribution in [0.3, 0.4) is 0 Å². The maximum atomic E-state index is 12.4. The number of rotatable bonds is 4. The second-order valence-corrected chi connectivity index (χ2v) is 7.11. The molecule has 0 amide bonds. The molecule has 1 heterocycles. The standard InChI is InChI=1S/C23H21NO3/c25-15-23(27)20-8-7-19-11-22(26)14-24(13-21(19)10-20)12-16-5-6-17-3-1-2-4-18(17)9-16/h1-10,25H,11-15H2. The molecule has 1 aliphatic rings. The van der Waals surface area contributed by atoms with E-state index in [0.717, 1.165) is 16.7 Å². The van der Waals surface area contributed by atoms with Gasteiger partial charge in [-0.2, -0.15) is 0 Å². The lowest BCUT2D eigenvalue weighted by Crippen LogP contribution is -2.27. The van der Waals surface area contributed by atoms with Gasteiger partial charge in [0.05, 0.1) is 6.54 Å². The summed E-state index contributed by atoms with van der Waals surface area (Å²) >= 11 is 0. The lowest BCUT2D eigenvalue weighted by atomic mass is 9.99. The van der Waals surface area contributed by atoms with Gasteiger partial charge in [-0.1, -0.05) is 48.5 Å². The molecule has 0 bridgehead atoms. The Kier molecular flexibility index (Phi) is 4.84. The van der Waals surface area contributed by atoms with Crippen molar-refractivity contribution < 1.29 is 14.7 Å². The molecular formula is C23H21NO3. The Morgan fingerprint density at radius 3 is 2.56 bits per heavy atom. The summed E-state index contributed by atoms with van der Waals surface area (Å²) in [6.07, 6.45) is 0.386. The van der Waals surface area contributed by atoms with Gasteiger partial charge in [0, 0.05) is 25.1 Å². The van der Waals surface area contributed by atoms with Gasteiger partial charge in [-0.25, -0.2) is 0 Å². The highest BCUT2D eigenvalue weighted by Gasteiger charge is 2.21. The summed E-state index contributed by atoms with van der Waals surface area (Å²) in [7, 11) is 0. The van der Waals surface area contributed by atoms with Crippen molar-refractivity contribution in [3.63, 3.8) is 0 Å². The Labute approximate surface area is 158 Å². The van der Waals surface area contributed by atoms with E-state index in [2.05, 4.69) is 35.2 Å². The zero-order valence-corrected chi connectivity index (χ0v) is 15.0. The molecule has 3 aromatic rings. The molecule has 0 fully saturated rings. The highest BCUT2D eigenvalue weighted by molar-refractivity contribution is 5.97. The number of benzene rings is 3. The summed E-state index contributed by atoms with van der Waals surface area (Å²) in [4.78, 5) is 26.3. The molecular weight excluding hydrogens is 338 g/mol. The second kappa shape index (κ2) is 7.43. The summed E-state index contributed by atoms with van der Waals surface area (Å²) in [6.45, 7) is 1.18. The van der Waals surface area contributed by atoms with E-state index in [0.29, 0.717) is 31.6 Å². The molecule has 1 aliphatic heterocycles. The number of aliphatic hydroxyl groups excluding tert-OH is 1. The number of nitrogens with zero attached hydrogens (tertiary/aromatic N) is 1. The van der Waals surface area contributed by atoms with Gasteiger partial charge in [0.2, 0.25) is 0 Å². The van der Waals surface area contributed by atoms with E-state index < -0.39 is 6.61 Å². The fraction of sp³-hybridized carbons (Fsp3) is 0.217. The number of Topliss-reactive ketones (excluding diaryl/α,β-unsaturated/α-hetero) is 2. The van der Waals surface area contributed by atoms with Gasteiger partial charge < -0.3 is 5.11 Å². The minimum Gasteiger partial charge on any atom is -0.388 e. The van der Waals surface area contributed by atoms with E-state index in [9.17, 15) is 9.59 Å². The number of aliphatic hydroxyl groups is 1. The lowest BCUT2D eigenvalue weighted by Gasteiger charge is -2.20. The minimum absolute atomic E-state index is 0.177. The van der Waals surface area contributed by atoms with Crippen LogP contribution in [0.5, 0.6) is 0 Å². The van der Waals surface area contributed by atoms with E-state index in [1.807, 2.05) is 24.3 Å². The van der Waals surface area contributed by atoms with Gasteiger partial charge >= 0.3 is 0 Å². The average Bonchev–Trinajstić information content (AvgIpc) is 2.83. The maximum absolute atomic E-state index is 12.4. The molecule has 4 heteroatoms. The van der Waals surface area contributed by atoms with Crippen molar-refractivity contribution in [2.75, 3.05) is 13.2 Å². The van der Waals surface area contributed by atoms with E-state index >= 15 is 0 Å². The molecule has 4 rings (SSSR count). The van der Waals surface area contributed by atoms with Crippen molar-refractivity contribution in [2.45, 2.75) is 19.5 Å². The van der Waals surface area contributed by atoms with Crippen LogP contribution < -0.4 is 0 Å². The number of hydrogen-bond donors (Lipinski definition) is 1. The molecule has 0 saturated carbocycles. The molecule has 0 saturated heterocycles. The molecule has 27 heavy (non-hydrogen) atoms. The van der Waals surface area contributed by atoms with Crippen LogP contribution in [0.4, 0.5) is 0 Å². The molecule has 0 aromatic heterocycles. The predicted molar refractivity (Wildman–Crippen MR) is 105 cm³/mol. The van der Waals surface area contributed by atoms with Crippen molar-refractivity contribution in [1.82, 2.24) is 4.90 Å². The number of carbonyl (C=O) groups is 2. The fourth-order valence-electron chi connectivity index (χ4n) is 3.73. The third-order valence-corrected chi connectivity index (χ3v) is 5.07. The smallest absolute Gasteiger partial charge is 0.188 e. The van der Waals surface area contributed by atoms with Crippen LogP contribution in [0.15, 0.2) is 60.7 Å². The van der Waals surface area contributed by atoms with Crippen LogP contribution in [0, 0.1) is 0 Å². The van der Waals surface area contributed by atoms with Crippen molar-refractivity contribution >= 4 is 22.3 Å². The first kappa shape index (κ1) is 17.6. The van der Waals surface area contributed by atoms with Crippen molar-refractivity contribution in [3.05, 3.63) is 82.9 Å². The van der Waals surface area contributed by atoms with Gasteiger partial charge in [0.1, 0.15) is 6.61 Å². The average molecular weight is 359 g/mol. The van der Waals surface area contributed by atoms with Gasteiger partial charge in [0.15, 0.2) is 11.6 Å². The van der Waals surface area contributed by atoms with Crippen LogP contribution in [0.25, 0.3) is 10.8 Å². The van der Waals surface area contributed by atoms with Crippen molar-refractivity contribution in [1.29, 1.82) is 0 Å². The third-order valence-electron chi connectivity index (χ3n) is 5.07. The first-order chi connectivity index (χ1) is 13.1. The molecule has 0 radical (unpaired) electrons. The molecule has 0 atom stereocenters. The Balaban J connectivity index is 1.61. The van der Waals surface area contributed by atoms with Crippen LogP contribution in [-0.4, -0.2) is 34.7 Å². The van der Waals surface area contributed by atoms with Crippen LogP contribution >= 0.6 is 0 Å². The molecule has 1 N–H and O–H groups in total. The minimum atomic E-state index is -0.501. The van der Waals surface area contributed by atoms with Crippen molar-refractivity contribution in [2.24, 2.45) is 0 Å². The Hall–Kier alpha value is -2.82. The fourth-order valence-corrected chi connectivity index (χ4v) is 3.73. The topological polar surface area (TPSA) is 57.6 Å². The normalized spacial score (nSPS) is 14.8. The van der Waals surface area contributed by atoms with Crippen molar-refractivity contribution in [3.8, 4) is 0 Å². The van der Waals surface area contributed by atoms with Gasteiger partial charge in [0.25, 0.3) is 0 Å². The van der Waals surface area contributed by atoms with Crippen LogP contribution in [0.2, 0.25) is 0 Å². The zero-order chi connectivity index (χ0) is 18.8. The predicted octanol–water partition coefficient (Wildman–Crippen LogP) is 3.14. The van der Waals surface area contributed by atoms with E-state index in [1.165, 1.54) is 10.8 Å². The number of ketones is 2. The second-order valence-electron chi connectivity index (χ2n) is 7.11. The summed E-state index contributed by atoms with van der Waals surface area (Å²) in [5, 5.41) is 11.5. The van der Waals surface area contributed by atoms with Gasteiger partial charge in [-0.05, 0) is 39.6 Å². The highest BCUT2D eigenvalue weighted by Crippen LogP contribution is 2.22. The molecule has 3 aromatic carbocycles. The number of hydrogen-bond acceptors (Lipinski definition) is 4. The number of fused-ring (bicyclic) bond motifs is 2. The molecule has 0 spiro atoms. The summed E-state index contributed by atoms with van der Waals surface area (Å²) < 4.78 is 0. The number of carbonyl (C=O) groups excluding carboxylic acids is 2. The quantitative estimate of drug-likeness (QED) is 0.727. The molecule has 0 unspecified atom stereocenters. The Bertz CT molecular complexity index is 1030. The summed E-state index contributed by atoms with van der Waals surface area (Å²) in [5.74, 6) is -0.120. The summed E-state index contributed by atoms with van der Waals surface area (Å²) in [5.41, 5.74) is 3.61.